The lowest BCUT2D eigenvalue weighted by Gasteiger charge is -1.99. The summed E-state index contributed by atoms with van der Waals surface area (Å²) in [7, 11) is 0. The number of hydrogen-bond acceptors (Lipinski definition) is 4. The number of amides is 1. The minimum atomic E-state index is -1.18. The average molecular weight is 226 g/mol. The van der Waals surface area contributed by atoms with Gasteiger partial charge in [0.1, 0.15) is 6.26 Å². The molecular formula is C10H14N2O4. The van der Waals surface area contributed by atoms with E-state index in [1.807, 2.05) is 6.92 Å². The molecule has 1 aromatic rings. The Morgan fingerprint density at radius 1 is 1.50 bits per heavy atom. The highest BCUT2D eigenvalue weighted by molar-refractivity contribution is 5.90. The van der Waals surface area contributed by atoms with Gasteiger partial charge in [0, 0.05) is 6.42 Å². The molecule has 16 heavy (non-hydrogen) atoms. The van der Waals surface area contributed by atoms with Crippen LogP contribution in [0.1, 0.15) is 43.1 Å². The smallest absolute Gasteiger partial charge is 0.357 e. The van der Waals surface area contributed by atoms with E-state index in [-0.39, 0.29) is 17.6 Å². The van der Waals surface area contributed by atoms with Gasteiger partial charge in [-0.05, 0) is 6.42 Å². The van der Waals surface area contributed by atoms with Gasteiger partial charge in [-0.1, -0.05) is 19.8 Å². The summed E-state index contributed by atoms with van der Waals surface area (Å²) < 4.78 is 4.78. The normalized spacial score (nSPS) is 10.1. The van der Waals surface area contributed by atoms with E-state index < -0.39 is 5.97 Å². The number of oxazole rings is 1. The van der Waals surface area contributed by atoms with Crippen molar-refractivity contribution in [2.45, 2.75) is 32.6 Å². The van der Waals surface area contributed by atoms with E-state index in [1.165, 1.54) is 0 Å². The zero-order valence-electron chi connectivity index (χ0n) is 9.02. The van der Waals surface area contributed by atoms with Crippen LogP contribution in [0.2, 0.25) is 0 Å². The van der Waals surface area contributed by atoms with Gasteiger partial charge in [0.25, 0.3) is 0 Å². The number of anilines is 1. The van der Waals surface area contributed by atoms with Crippen molar-refractivity contribution >= 4 is 17.9 Å². The molecule has 0 saturated carbocycles. The first-order valence-corrected chi connectivity index (χ1v) is 5.12. The molecule has 1 amide bonds. The lowest BCUT2D eigenvalue weighted by Crippen LogP contribution is -2.11. The van der Waals surface area contributed by atoms with E-state index in [4.69, 9.17) is 9.52 Å². The van der Waals surface area contributed by atoms with Crippen LogP contribution in [0, 0.1) is 0 Å². The number of rotatable bonds is 6. The Labute approximate surface area is 92.7 Å². The molecule has 1 heterocycles. The number of unbranched alkanes of at least 4 members (excludes halogenated alkanes) is 2. The van der Waals surface area contributed by atoms with Gasteiger partial charge in [0.05, 0.1) is 0 Å². The van der Waals surface area contributed by atoms with Gasteiger partial charge in [0.2, 0.25) is 5.91 Å². The van der Waals surface area contributed by atoms with Crippen LogP contribution in [0.15, 0.2) is 10.7 Å². The fraction of sp³-hybridized carbons (Fsp3) is 0.500. The van der Waals surface area contributed by atoms with Crippen LogP contribution in [0.25, 0.3) is 0 Å². The van der Waals surface area contributed by atoms with Crippen LogP contribution in [0.4, 0.5) is 6.01 Å². The Hall–Kier alpha value is -1.85. The molecule has 0 aliphatic carbocycles. The van der Waals surface area contributed by atoms with Gasteiger partial charge in [-0.15, -0.1) is 0 Å². The van der Waals surface area contributed by atoms with Crippen molar-refractivity contribution in [1.82, 2.24) is 4.98 Å². The zero-order valence-corrected chi connectivity index (χ0v) is 9.02. The highest BCUT2D eigenvalue weighted by Gasteiger charge is 2.12. The molecule has 0 atom stereocenters. The lowest BCUT2D eigenvalue weighted by atomic mass is 10.2. The van der Waals surface area contributed by atoms with E-state index in [0.717, 1.165) is 25.5 Å². The fourth-order valence-corrected chi connectivity index (χ4v) is 1.15. The quantitative estimate of drug-likeness (QED) is 0.722. The number of carboxylic acid groups (broad SMARTS) is 1. The number of carbonyl (C=O) groups excluding carboxylic acids is 1. The summed E-state index contributed by atoms with van der Waals surface area (Å²) in [4.78, 5) is 25.4. The first-order chi connectivity index (χ1) is 7.63. The topological polar surface area (TPSA) is 92.4 Å². The molecule has 1 rings (SSSR count). The van der Waals surface area contributed by atoms with Crippen LogP contribution in [-0.4, -0.2) is 22.0 Å². The van der Waals surface area contributed by atoms with E-state index in [0.29, 0.717) is 6.42 Å². The number of carboxylic acids is 1. The van der Waals surface area contributed by atoms with Crippen molar-refractivity contribution < 1.29 is 19.1 Å². The third-order valence-electron chi connectivity index (χ3n) is 1.98. The number of nitrogens with one attached hydrogen (secondary N) is 1. The van der Waals surface area contributed by atoms with Gasteiger partial charge in [-0.3, -0.25) is 10.1 Å². The third kappa shape index (κ3) is 3.72. The maximum atomic E-state index is 11.3. The Kier molecular flexibility index (Phi) is 4.50. The molecule has 0 unspecified atom stereocenters. The van der Waals surface area contributed by atoms with Crippen LogP contribution < -0.4 is 5.32 Å². The molecule has 0 aliphatic rings. The predicted molar refractivity (Wildman–Crippen MR) is 56.2 cm³/mol. The molecule has 2 N–H and O–H groups in total. The van der Waals surface area contributed by atoms with Crippen molar-refractivity contribution in [3.8, 4) is 0 Å². The molecule has 6 nitrogen and oxygen atoms in total. The number of aromatic nitrogens is 1. The molecule has 6 heteroatoms. The SMILES string of the molecule is CCCCCC(=O)Nc1nc(C(=O)O)co1. The Bertz CT molecular complexity index is 373. The molecule has 0 aliphatic heterocycles. The summed E-state index contributed by atoms with van der Waals surface area (Å²) in [5, 5.41) is 11.0. The molecule has 0 radical (unpaired) electrons. The number of nitrogens with zero attached hydrogens (tertiary/aromatic N) is 1. The van der Waals surface area contributed by atoms with Gasteiger partial charge in [-0.2, -0.15) is 4.98 Å². The maximum Gasteiger partial charge on any atom is 0.357 e. The van der Waals surface area contributed by atoms with E-state index in [9.17, 15) is 9.59 Å². The summed E-state index contributed by atoms with van der Waals surface area (Å²) in [5.74, 6) is -1.40. The maximum absolute atomic E-state index is 11.3. The first kappa shape index (κ1) is 12.2. The molecule has 0 fully saturated rings. The van der Waals surface area contributed by atoms with Crippen molar-refractivity contribution in [2.75, 3.05) is 5.32 Å². The van der Waals surface area contributed by atoms with E-state index in [1.54, 1.807) is 0 Å². The molecule has 88 valence electrons. The number of aromatic carboxylic acids is 1. The number of carbonyl (C=O) groups is 2. The molecule has 0 spiro atoms. The van der Waals surface area contributed by atoms with Gasteiger partial charge in [-0.25, -0.2) is 4.79 Å². The van der Waals surface area contributed by atoms with Crippen molar-refractivity contribution in [1.29, 1.82) is 0 Å². The second-order valence-corrected chi connectivity index (χ2v) is 3.35. The summed E-state index contributed by atoms with van der Waals surface area (Å²) in [5.41, 5.74) is -0.219. The molecule has 1 aromatic heterocycles. The van der Waals surface area contributed by atoms with Crippen molar-refractivity contribution in [3.05, 3.63) is 12.0 Å². The van der Waals surface area contributed by atoms with Crippen LogP contribution in [-0.2, 0) is 4.79 Å². The molecule has 0 saturated heterocycles. The Morgan fingerprint density at radius 2 is 2.25 bits per heavy atom. The largest absolute Gasteiger partial charge is 0.476 e. The minimum Gasteiger partial charge on any atom is -0.476 e. The molecular weight excluding hydrogens is 212 g/mol. The number of hydrogen-bond donors (Lipinski definition) is 2. The van der Waals surface area contributed by atoms with Crippen LogP contribution >= 0.6 is 0 Å². The highest BCUT2D eigenvalue weighted by atomic mass is 16.4. The van der Waals surface area contributed by atoms with Gasteiger partial charge < -0.3 is 9.52 Å². The Balaban J connectivity index is 2.40. The van der Waals surface area contributed by atoms with E-state index >= 15 is 0 Å². The first-order valence-electron chi connectivity index (χ1n) is 5.12. The standard InChI is InChI=1S/C10H14N2O4/c1-2-3-4-5-8(13)12-10-11-7(6-16-10)9(14)15/h6H,2-5H2,1H3,(H,14,15)(H,11,12,13). The zero-order chi connectivity index (χ0) is 12.0. The Morgan fingerprint density at radius 3 is 2.81 bits per heavy atom. The summed E-state index contributed by atoms with van der Waals surface area (Å²) in [6, 6.07) is -0.0705. The monoisotopic (exact) mass is 226 g/mol. The van der Waals surface area contributed by atoms with Gasteiger partial charge in [0.15, 0.2) is 5.69 Å². The van der Waals surface area contributed by atoms with Gasteiger partial charge >= 0.3 is 12.0 Å². The van der Waals surface area contributed by atoms with Crippen molar-refractivity contribution in [2.24, 2.45) is 0 Å². The fourth-order valence-electron chi connectivity index (χ4n) is 1.15. The van der Waals surface area contributed by atoms with Crippen molar-refractivity contribution in [3.63, 3.8) is 0 Å². The summed E-state index contributed by atoms with van der Waals surface area (Å²) in [6.45, 7) is 2.05. The second-order valence-electron chi connectivity index (χ2n) is 3.35. The molecule has 0 bridgehead atoms. The summed E-state index contributed by atoms with van der Waals surface area (Å²) in [6.07, 6.45) is 4.20. The average Bonchev–Trinajstić information content (AvgIpc) is 2.66. The van der Waals surface area contributed by atoms with E-state index in [2.05, 4.69) is 10.3 Å². The highest BCUT2D eigenvalue weighted by Crippen LogP contribution is 2.08. The predicted octanol–water partition coefficient (Wildman–Crippen LogP) is 1.89. The molecule has 0 aromatic carbocycles. The van der Waals surface area contributed by atoms with Crippen LogP contribution in [0.5, 0.6) is 0 Å². The third-order valence-corrected chi connectivity index (χ3v) is 1.98. The second kappa shape index (κ2) is 5.89. The van der Waals surface area contributed by atoms with Crippen LogP contribution in [0.3, 0.4) is 0 Å². The lowest BCUT2D eigenvalue weighted by molar-refractivity contribution is -0.116. The summed E-state index contributed by atoms with van der Waals surface area (Å²) >= 11 is 0. The minimum absolute atomic E-state index is 0.0705.